The number of hydrogen-bond acceptors (Lipinski definition) is 5. The molecule has 1 aromatic rings. The average molecular weight is 281 g/mol. The Bertz CT molecular complexity index is 391. The number of hydrogen-bond donors (Lipinski definition) is 2. The molecule has 0 aromatic heterocycles. The van der Waals surface area contributed by atoms with Gasteiger partial charge in [-0.05, 0) is 31.0 Å². The van der Waals surface area contributed by atoms with E-state index in [1.165, 1.54) is 7.11 Å². The van der Waals surface area contributed by atoms with Crippen LogP contribution in [-0.2, 0) is 16.0 Å². The summed E-state index contributed by atoms with van der Waals surface area (Å²) >= 11 is 0. The second-order valence-electron chi connectivity index (χ2n) is 4.44. The normalized spacial score (nSPS) is 11.9. The fourth-order valence-corrected chi connectivity index (χ4v) is 1.94. The summed E-state index contributed by atoms with van der Waals surface area (Å²) < 4.78 is 10.1. The summed E-state index contributed by atoms with van der Waals surface area (Å²) in [5.74, 6) is 0.579. The van der Waals surface area contributed by atoms with Gasteiger partial charge in [-0.25, -0.2) is 0 Å². The van der Waals surface area contributed by atoms with Crippen molar-refractivity contribution in [2.45, 2.75) is 25.8 Å². The molecule has 0 aliphatic rings. The molecule has 5 heteroatoms. The number of methoxy groups -OCH3 is 1. The van der Waals surface area contributed by atoms with Crippen LogP contribution in [0.25, 0.3) is 0 Å². The summed E-state index contributed by atoms with van der Waals surface area (Å²) in [4.78, 5) is 11.4. The number of ether oxygens (including phenoxy) is 2. The van der Waals surface area contributed by atoms with Gasteiger partial charge in [-0.1, -0.05) is 12.1 Å². The lowest BCUT2D eigenvalue weighted by molar-refractivity contribution is -0.141. The summed E-state index contributed by atoms with van der Waals surface area (Å²) in [6.45, 7) is 3.08. The minimum Gasteiger partial charge on any atom is -0.494 e. The number of carbonyl (C=O) groups is 1. The smallest absolute Gasteiger partial charge is 0.307 e. The fourth-order valence-electron chi connectivity index (χ4n) is 1.94. The molecule has 2 N–H and O–H groups in total. The Morgan fingerprint density at radius 3 is 2.60 bits per heavy atom. The molecule has 0 spiro atoms. The van der Waals surface area contributed by atoms with Crippen molar-refractivity contribution in [2.75, 3.05) is 26.9 Å². The standard InChI is InChI=1S/C15H23NO4/c1-3-20-14-6-4-12(5-7-14)10-13(16-8-9-17)11-15(18)19-2/h4-7,13,16-17H,3,8-11H2,1-2H3. The van der Waals surface area contributed by atoms with Crippen molar-refractivity contribution in [1.82, 2.24) is 5.32 Å². The molecular weight excluding hydrogens is 258 g/mol. The van der Waals surface area contributed by atoms with E-state index >= 15 is 0 Å². The van der Waals surface area contributed by atoms with Gasteiger partial charge in [0.2, 0.25) is 0 Å². The number of benzene rings is 1. The number of aliphatic hydroxyl groups is 1. The van der Waals surface area contributed by atoms with Crippen LogP contribution in [0.15, 0.2) is 24.3 Å². The van der Waals surface area contributed by atoms with Gasteiger partial charge in [-0.3, -0.25) is 4.79 Å². The third-order valence-electron chi connectivity index (χ3n) is 2.90. The SMILES string of the molecule is CCOc1ccc(CC(CC(=O)OC)NCCO)cc1. The summed E-state index contributed by atoms with van der Waals surface area (Å²) in [7, 11) is 1.38. The predicted molar refractivity (Wildman–Crippen MR) is 76.8 cm³/mol. The first-order chi connectivity index (χ1) is 9.69. The van der Waals surface area contributed by atoms with Crippen LogP contribution in [0.1, 0.15) is 18.9 Å². The fraction of sp³-hybridized carbons (Fsp3) is 0.533. The molecule has 0 aliphatic carbocycles. The summed E-state index contributed by atoms with van der Waals surface area (Å²) in [5.41, 5.74) is 1.10. The topological polar surface area (TPSA) is 67.8 Å². The van der Waals surface area contributed by atoms with Crippen molar-refractivity contribution in [3.05, 3.63) is 29.8 Å². The highest BCUT2D eigenvalue weighted by molar-refractivity contribution is 5.70. The molecule has 112 valence electrons. The highest BCUT2D eigenvalue weighted by Crippen LogP contribution is 2.14. The molecular formula is C15H23NO4. The lowest BCUT2D eigenvalue weighted by Gasteiger charge is -2.17. The third-order valence-corrected chi connectivity index (χ3v) is 2.90. The zero-order chi connectivity index (χ0) is 14.8. The van der Waals surface area contributed by atoms with Gasteiger partial charge in [0.15, 0.2) is 0 Å². The molecule has 0 saturated heterocycles. The number of esters is 1. The summed E-state index contributed by atoms with van der Waals surface area (Å²) in [6, 6.07) is 7.75. The quantitative estimate of drug-likeness (QED) is 0.664. The van der Waals surface area contributed by atoms with Crippen LogP contribution in [0.4, 0.5) is 0 Å². The number of aliphatic hydroxyl groups excluding tert-OH is 1. The van der Waals surface area contributed by atoms with E-state index in [4.69, 9.17) is 9.84 Å². The van der Waals surface area contributed by atoms with Crippen molar-refractivity contribution >= 4 is 5.97 Å². The van der Waals surface area contributed by atoms with Crippen molar-refractivity contribution in [3.63, 3.8) is 0 Å². The van der Waals surface area contributed by atoms with Crippen LogP contribution in [0.2, 0.25) is 0 Å². The Balaban J connectivity index is 2.60. The second kappa shape index (κ2) is 9.34. The van der Waals surface area contributed by atoms with E-state index in [2.05, 4.69) is 10.1 Å². The Morgan fingerprint density at radius 1 is 1.35 bits per heavy atom. The van der Waals surface area contributed by atoms with Gasteiger partial charge >= 0.3 is 5.97 Å². The van der Waals surface area contributed by atoms with Crippen LogP contribution in [-0.4, -0.2) is 44.0 Å². The molecule has 1 rings (SSSR count). The number of nitrogens with one attached hydrogen (secondary N) is 1. The average Bonchev–Trinajstić information content (AvgIpc) is 2.47. The molecule has 0 fully saturated rings. The van der Waals surface area contributed by atoms with Gasteiger partial charge in [0.1, 0.15) is 5.75 Å². The van der Waals surface area contributed by atoms with Gasteiger partial charge in [-0.15, -0.1) is 0 Å². The van der Waals surface area contributed by atoms with Gasteiger partial charge in [0.25, 0.3) is 0 Å². The molecule has 0 radical (unpaired) electrons. The molecule has 0 amide bonds. The monoisotopic (exact) mass is 281 g/mol. The van der Waals surface area contributed by atoms with Crippen LogP contribution < -0.4 is 10.1 Å². The molecule has 0 heterocycles. The van der Waals surface area contributed by atoms with E-state index in [0.29, 0.717) is 19.6 Å². The van der Waals surface area contributed by atoms with E-state index in [1.807, 2.05) is 31.2 Å². The number of rotatable bonds is 9. The Hall–Kier alpha value is -1.59. The highest BCUT2D eigenvalue weighted by atomic mass is 16.5. The predicted octanol–water partition coefficient (Wildman–Crippen LogP) is 1.14. The summed E-state index contributed by atoms with van der Waals surface area (Å²) in [6.07, 6.45) is 0.977. The number of carbonyl (C=O) groups excluding carboxylic acids is 1. The Labute approximate surface area is 119 Å². The lowest BCUT2D eigenvalue weighted by atomic mass is 10.0. The molecule has 1 unspecified atom stereocenters. The third kappa shape index (κ3) is 6.04. The van der Waals surface area contributed by atoms with Crippen LogP contribution in [0.5, 0.6) is 5.75 Å². The van der Waals surface area contributed by atoms with Gasteiger partial charge in [0.05, 0.1) is 26.7 Å². The molecule has 0 aliphatic heterocycles. The first-order valence-electron chi connectivity index (χ1n) is 6.82. The molecule has 1 atom stereocenters. The van der Waals surface area contributed by atoms with E-state index in [0.717, 1.165) is 11.3 Å². The van der Waals surface area contributed by atoms with E-state index < -0.39 is 0 Å². The van der Waals surface area contributed by atoms with Crippen molar-refractivity contribution in [2.24, 2.45) is 0 Å². The largest absolute Gasteiger partial charge is 0.494 e. The minimum absolute atomic E-state index is 0.0426. The Kier molecular flexibility index (Phi) is 7.69. The zero-order valence-corrected chi connectivity index (χ0v) is 12.1. The molecule has 20 heavy (non-hydrogen) atoms. The van der Waals surface area contributed by atoms with Crippen LogP contribution >= 0.6 is 0 Å². The van der Waals surface area contributed by atoms with Crippen molar-refractivity contribution in [1.29, 1.82) is 0 Å². The zero-order valence-electron chi connectivity index (χ0n) is 12.1. The molecule has 5 nitrogen and oxygen atoms in total. The second-order valence-corrected chi connectivity index (χ2v) is 4.44. The maximum Gasteiger partial charge on any atom is 0.307 e. The maximum atomic E-state index is 11.4. The summed E-state index contributed by atoms with van der Waals surface area (Å²) in [5, 5.41) is 12.0. The van der Waals surface area contributed by atoms with Gasteiger partial charge in [0, 0.05) is 12.6 Å². The van der Waals surface area contributed by atoms with Crippen molar-refractivity contribution in [3.8, 4) is 5.75 Å². The first kappa shape index (κ1) is 16.5. The highest BCUT2D eigenvalue weighted by Gasteiger charge is 2.14. The van der Waals surface area contributed by atoms with E-state index in [1.54, 1.807) is 0 Å². The Morgan fingerprint density at radius 2 is 2.05 bits per heavy atom. The van der Waals surface area contributed by atoms with Crippen LogP contribution in [0.3, 0.4) is 0 Å². The van der Waals surface area contributed by atoms with E-state index in [-0.39, 0.29) is 25.0 Å². The molecule has 0 bridgehead atoms. The van der Waals surface area contributed by atoms with Crippen LogP contribution in [0, 0.1) is 0 Å². The molecule has 1 aromatic carbocycles. The van der Waals surface area contributed by atoms with Crippen molar-refractivity contribution < 1.29 is 19.4 Å². The van der Waals surface area contributed by atoms with Gasteiger partial charge in [-0.2, -0.15) is 0 Å². The maximum absolute atomic E-state index is 11.4. The lowest BCUT2D eigenvalue weighted by Crippen LogP contribution is -2.35. The van der Waals surface area contributed by atoms with Gasteiger partial charge < -0.3 is 19.9 Å². The molecule has 0 saturated carbocycles. The minimum atomic E-state index is -0.258. The first-order valence-corrected chi connectivity index (χ1v) is 6.82. The van der Waals surface area contributed by atoms with E-state index in [9.17, 15) is 4.79 Å².